The fourth-order valence-corrected chi connectivity index (χ4v) is 3.76. The molecule has 31 heavy (non-hydrogen) atoms. The summed E-state index contributed by atoms with van der Waals surface area (Å²) in [5, 5.41) is 27.2. The van der Waals surface area contributed by atoms with E-state index in [9.17, 15) is 15.0 Å². The minimum Gasteiger partial charge on any atom is -0.388 e. The number of hydrogen-bond donors (Lipinski definition) is 6. The number of rotatable bonds is 9. The molecular weight excluding hydrogens is 404 g/mol. The lowest BCUT2D eigenvalue weighted by atomic mass is 9.95. The number of H-pyrrole nitrogens is 1. The fourth-order valence-electron chi connectivity index (χ4n) is 3.76. The minimum atomic E-state index is -1.30. The molecule has 12 nitrogen and oxygen atoms in total. The van der Waals surface area contributed by atoms with Crippen molar-refractivity contribution in [3.63, 3.8) is 0 Å². The Morgan fingerprint density at radius 2 is 2.06 bits per heavy atom. The van der Waals surface area contributed by atoms with Crippen LogP contribution >= 0.6 is 0 Å². The highest BCUT2D eigenvalue weighted by molar-refractivity contribution is 5.82. The Hall–Kier alpha value is -2.38. The number of nitrogens with two attached hydrogens (primary N) is 1. The molecule has 1 aliphatic heterocycles. The highest BCUT2D eigenvalue weighted by atomic mass is 16.5. The number of fused-ring (bicyclic) bond motifs is 1. The molecule has 6 atom stereocenters. The van der Waals surface area contributed by atoms with E-state index in [2.05, 4.69) is 30.6 Å². The Bertz CT molecular complexity index is 862. The minimum absolute atomic E-state index is 0.227. The first kappa shape index (κ1) is 23.3. The first-order chi connectivity index (χ1) is 14.8. The van der Waals surface area contributed by atoms with Gasteiger partial charge >= 0.3 is 0 Å². The van der Waals surface area contributed by atoms with Crippen LogP contribution in [0.5, 0.6) is 0 Å². The molecule has 1 saturated heterocycles. The number of aromatic amines is 1. The maximum atomic E-state index is 12.9. The monoisotopic (exact) mass is 436 g/mol. The lowest BCUT2D eigenvalue weighted by Gasteiger charge is -2.42. The van der Waals surface area contributed by atoms with Crippen molar-refractivity contribution in [3.8, 4) is 0 Å². The zero-order valence-corrected chi connectivity index (χ0v) is 18.0. The van der Waals surface area contributed by atoms with Crippen molar-refractivity contribution in [2.45, 2.75) is 62.8 Å². The molecule has 1 aliphatic rings. The van der Waals surface area contributed by atoms with Gasteiger partial charge in [0, 0.05) is 0 Å². The number of aliphatic hydroxyl groups is 2. The van der Waals surface area contributed by atoms with E-state index in [0.717, 1.165) is 12.8 Å². The number of nitrogens with zero attached hydrogens (tertiary/aromatic N) is 4. The summed E-state index contributed by atoms with van der Waals surface area (Å²) in [4.78, 5) is 29.9. The summed E-state index contributed by atoms with van der Waals surface area (Å²) in [6.45, 7) is 2.31. The Labute approximate surface area is 180 Å². The van der Waals surface area contributed by atoms with Crippen LogP contribution in [0, 0.1) is 0 Å². The molecule has 1 amide bonds. The molecule has 0 unspecified atom stereocenters. The highest BCUT2D eigenvalue weighted by Crippen LogP contribution is 2.24. The first-order valence-electron chi connectivity index (χ1n) is 10.4. The van der Waals surface area contributed by atoms with Gasteiger partial charge in [0.25, 0.3) is 0 Å². The van der Waals surface area contributed by atoms with E-state index in [4.69, 9.17) is 10.5 Å². The van der Waals surface area contributed by atoms with Gasteiger partial charge in [0.1, 0.15) is 24.1 Å². The lowest BCUT2D eigenvalue weighted by molar-refractivity contribution is -0.173. The van der Waals surface area contributed by atoms with Crippen LogP contribution in [0.25, 0.3) is 11.2 Å². The Morgan fingerprint density at radius 3 is 2.77 bits per heavy atom. The molecule has 172 valence electrons. The molecule has 3 rings (SSSR count). The summed E-state index contributed by atoms with van der Waals surface area (Å²) in [5.41, 5.74) is 6.57. The van der Waals surface area contributed by atoms with Crippen LogP contribution in [-0.2, 0) is 9.53 Å². The van der Waals surface area contributed by atoms with Crippen molar-refractivity contribution in [1.29, 1.82) is 0 Å². The number of nitrogens with one attached hydrogen (secondary N) is 3. The summed E-state index contributed by atoms with van der Waals surface area (Å²) in [7, 11) is 3.66. The van der Waals surface area contributed by atoms with Gasteiger partial charge in [0.15, 0.2) is 17.7 Å². The highest BCUT2D eigenvalue weighted by Gasteiger charge is 2.44. The summed E-state index contributed by atoms with van der Waals surface area (Å²) in [6.07, 6.45) is 1.09. The zero-order chi connectivity index (χ0) is 22.5. The van der Waals surface area contributed by atoms with Gasteiger partial charge in [-0.15, -0.1) is 0 Å². The summed E-state index contributed by atoms with van der Waals surface area (Å²) < 4.78 is 5.89. The number of unbranched alkanes of at least 4 members (excludes halogenated alkanes) is 1. The third-order valence-electron chi connectivity index (χ3n) is 5.56. The second-order valence-corrected chi connectivity index (χ2v) is 8.01. The standard InChI is InChI=1S/C19H32N8O4/c1-10-12(25-18(30)11(27(2)3)6-4-5-7-20)14(28)15(29)19(31-10)26-17-13-16(22-8-21-13)23-9-24-17/h8-12,14-15,19,28-29H,4-7,20H2,1-3H3,(H,25,30)(H2,21,22,23,24,26)/t10-,11+,12-,14+,15-,19-/m0/s1. The first-order valence-corrected chi connectivity index (χ1v) is 10.4. The van der Waals surface area contributed by atoms with Crippen molar-refractivity contribution in [2.75, 3.05) is 26.0 Å². The number of carbonyl (C=O) groups is 1. The number of likely N-dealkylation sites (N-methyl/N-ethyl adjacent to an activating group) is 1. The number of ether oxygens (including phenoxy) is 1. The van der Waals surface area contributed by atoms with Gasteiger partial charge in [-0.05, 0) is 40.4 Å². The third kappa shape index (κ3) is 5.28. The average Bonchev–Trinajstić information content (AvgIpc) is 3.22. The van der Waals surface area contributed by atoms with Crippen molar-refractivity contribution in [1.82, 2.24) is 30.2 Å². The van der Waals surface area contributed by atoms with Gasteiger partial charge < -0.3 is 36.3 Å². The number of carbonyl (C=O) groups excluding carboxylic acids is 1. The third-order valence-corrected chi connectivity index (χ3v) is 5.56. The van der Waals surface area contributed by atoms with Gasteiger partial charge in [0.05, 0.1) is 24.5 Å². The van der Waals surface area contributed by atoms with E-state index in [1.165, 1.54) is 12.7 Å². The number of imidazole rings is 1. The topological polar surface area (TPSA) is 175 Å². The Balaban J connectivity index is 1.66. The molecule has 2 aromatic rings. The van der Waals surface area contributed by atoms with E-state index in [-0.39, 0.29) is 11.9 Å². The summed E-state index contributed by atoms with van der Waals surface area (Å²) in [5.74, 6) is 0.163. The molecule has 0 saturated carbocycles. The molecule has 0 bridgehead atoms. The molecule has 0 radical (unpaired) electrons. The van der Waals surface area contributed by atoms with Gasteiger partial charge in [0.2, 0.25) is 5.91 Å². The van der Waals surface area contributed by atoms with Crippen LogP contribution < -0.4 is 16.4 Å². The van der Waals surface area contributed by atoms with Crippen molar-refractivity contribution < 1.29 is 19.7 Å². The summed E-state index contributed by atoms with van der Waals surface area (Å²) >= 11 is 0. The second-order valence-electron chi connectivity index (χ2n) is 8.01. The van der Waals surface area contributed by atoms with Crippen LogP contribution in [-0.4, -0.2) is 98.2 Å². The number of amides is 1. The SMILES string of the molecule is C[C@@H]1O[C@H](Nc2ncnc3nc[nH]c23)[C@@H](O)[C@H](O)[C@H]1NC(=O)[C@@H](CCCCN)N(C)C. The molecule has 0 aliphatic carbocycles. The van der Waals surface area contributed by atoms with Crippen LogP contribution in [0.2, 0.25) is 0 Å². The van der Waals surface area contributed by atoms with Crippen LogP contribution in [0.1, 0.15) is 26.2 Å². The average molecular weight is 437 g/mol. The van der Waals surface area contributed by atoms with Crippen molar-refractivity contribution in [2.24, 2.45) is 5.73 Å². The lowest BCUT2D eigenvalue weighted by Crippen LogP contribution is -2.65. The zero-order valence-electron chi connectivity index (χ0n) is 18.0. The van der Waals surface area contributed by atoms with Gasteiger partial charge in [-0.3, -0.25) is 9.69 Å². The predicted molar refractivity (Wildman–Crippen MR) is 114 cm³/mol. The Morgan fingerprint density at radius 1 is 1.29 bits per heavy atom. The quantitative estimate of drug-likeness (QED) is 0.261. The maximum Gasteiger partial charge on any atom is 0.237 e. The normalized spacial score (nSPS) is 27.4. The Kier molecular flexibility index (Phi) is 7.73. The predicted octanol–water partition coefficient (Wildman–Crippen LogP) is -1.22. The number of aromatic nitrogens is 4. The van der Waals surface area contributed by atoms with Gasteiger partial charge in [-0.2, -0.15) is 0 Å². The van der Waals surface area contributed by atoms with E-state index in [0.29, 0.717) is 29.9 Å². The van der Waals surface area contributed by atoms with E-state index in [1.807, 2.05) is 19.0 Å². The van der Waals surface area contributed by atoms with Crippen LogP contribution in [0.15, 0.2) is 12.7 Å². The number of hydrogen-bond acceptors (Lipinski definition) is 10. The van der Waals surface area contributed by atoms with Crippen LogP contribution in [0.4, 0.5) is 5.82 Å². The molecular formula is C19H32N8O4. The molecule has 7 N–H and O–H groups in total. The van der Waals surface area contributed by atoms with Crippen molar-refractivity contribution in [3.05, 3.63) is 12.7 Å². The fraction of sp³-hybridized carbons (Fsp3) is 0.684. The van der Waals surface area contributed by atoms with Gasteiger partial charge in [-0.1, -0.05) is 6.42 Å². The summed E-state index contributed by atoms with van der Waals surface area (Å²) in [6, 6.07) is -1.14. The van der Waals surface area contributed by atoms with Gasteiger partial charge in [-0.25, -0.2) is 15.0 Å². The van der Waals surface area contributed by atoms with E-state index < -0.39 is 30.6 Å². The van der Waals surface area contributed by atoms with Crippen LogP contribution in [0.3, 0.4) is 0 Å². The maximum absolute atomic E-state index is 12.9. The molecule has 1 fully saturated rings. The van der Waals surface area contributed by atoms with E-state index >= 15 is 0 Å². The molecule has 12 heteroatoms. The number of aliphatic hydroxyl groups excluding tert-OH is 2. The van der Waals surface area contributed by atoms with Crippen molar-refractivity contribution >= 4 is 22.9 Å². The largest absolute Gasteiger partial charge is 0.388 e. The number of anilines is 1. The molecule has 3 heterocycles. The molecule has 0 aromatic carbocycles. The molecule has 2 aromatic heterocycles. The smallest absolute Gasteiger partial charge is 0.237 e. The molecule has 0 spiro atoms. The van der Waals surface area contributed by atoms with E-state index in [1.54, 1.807) is 6.92 Å². The second kappa shape index (κ2) is 10.3.